The zero-order valence-electron chi connectivity index (χ0n) is 22.0. The van der Waals surface area contributed by atoms with E-state index in [-0.39, 0.29) is 12.1 Å². The van der Waals surface area contributed by atoms with Crippen molar-refractivity contribution in [3.63, 3.8) is 0 Å². The van der Waals surface area contributed by atoms with Gasteiger partial charge >= 0.3 is 0 Å². The predicted molar refractivity (Wildman–Crippen MR) is 156 cm³/mol. The van der Waals surface area contributed by atoms with E-state index in [1.54, 1.807) is 0 Å². The lowest BCUT2D eigenvalue weighted by atomic mass is 9.96. The van der Waals surface area contributed by atoms with Crippen molar-refractivity contribution in [2.45, 2.75) is 46.2 Å². The molecule has 1 fully saturated rings. The van der Waals surface area contributed by atoms with E-state index in [0.29, 0.717) is 0 Å². The lowest BCUT2D eigenvalue weighted by Crippen LogP contribution is -2.31. The fourth-order valence-corrected chi connectivity index (χ4v) is 5.79. The zero-order valence-corrected chi connectivity index (χ0v) is 22.8. The molecule has 5 rings (SSSR count). The van der Waals surface area contributed by atoms with Crippen LogP contribution in [0.2, 0.25) is 0 Å². The molecular formula is C31H35N5S. The summed E-state index contributed by atoms with van der Waals surface area (Å²) in [5.74, 6) is 0. The molecule has 0 spiro atoms. The van der Waals surface area contributed by atoms with Gasteiger partial charge in [0.25, 0.3) is 0 Å². The third-order valence-electron chi connectivity index (χ3n) is 7.48. The molecule has 0 bridgehead atoms. The third kappa shape index (κ3) is 4.98. The SMILES string of the molecule is Cc1cccc(-n2c(C)cc([C@H]3[C@@H](c4ccccn4)NC(=S)N3CCCNc3ccccc3)c2C)c1C. The van der Waals surface area contributed by atoms with Crippen molar-refractivity contribution in [1.82, 2.24) is 19.8 Å². The van der Waals surface area contributed by atoms with Gasteiger partial charge in [0.2, 0.25) is 0 Å². The molecule has 2 aromatic carbocycles. The second-order valence-electron chi connectivity index (χ2n) is 9.85. The number of hydrogen-bond donors (Lipinski definition) is 2. The van der Waals surface area contributed by atoms with Crippen LogP contribution in [0.1, 0.15) is 52.3 Å². The molecule has 1 aliphatic heterocycles. The van der Waals surface area contributed by atoms with Gasteiger partial charge in [-0.2, -0.15) is 0 Å². The van der Waals surface area contributed by atoms with E-state index in [4.69, 9.17) is 17.2 Å². The number of para-hydroxylation sites is 1. The largest absolute Gasteiger partial charge is 0.385 e. The van der Waals surface area contributed by atoms with E-state index in [1.807, 2.05) is 18.3 Å². The molecule has 2 atom stereocenters. The van der Waals surface area contributed by atoms with Crippen LogP contribution < -0.4 is 10.6 Å². The summed E-state index contributed by atoms with van der Waals surface area (Å²) in [4.78, 5) is 7.07. The summed E-state index contributed by atoms with van der Waals surface area (Å²) in [7, 11) is 0. The molecule has 37 heavy (non-hydrogen) atoms. The molecule has 0 radical (unpaired) electrons. The van der Waals surface area contributed by atoms with Crippen molar-refractivity contribution in [1.29, 1.82) is 0 Å². The number of pyridine rings is 1. The zero-order chi connectivity index (χ0) is 25.9. The standard InChI is InChI=1S/C31H35N5S/c1-21-12-10-16-28(23(21)3)36-22(2)20-26(24(36)4)30-29(27-15-8-9-17-33-27)34-31(37)35(30)19-11-18-32-25-13-6-5-7-14-25/h5-10,12-17,20,29-30,32H,11,18-19H2,1-4H3,(H,34,37)/t29-,30+/m1/s1. The van der Waals surface area contributed by atoms with Gasteiger partial charge in [0.1, 0.15) is 0 Å². The van der Waals surface area contributed by atoms with Crippen molar-refractivity contribution < 1.29 is 0 Å². The highest BCUT2D eigenvalue weighted by Crippen LogP contribution is 2.41. The fraction of sp³-hybridized carbons (Fsp3) is 0.290. The van der Waals surface area contributed by atoms with E-state index in [9.17, 15) is 0 Å². The van der Waals surface area contributed by atoms with Crippen LogP contribution in [0.3, 0.4) is 0 Å². The van der Waals surface area contributed by atoms with Crippen molar-refractivity contribution in [2.24, 2.45) is 0 Å². The van der Waals surface area contributed by atoms with Gasteiger partial charge in [-0.25, -0.2) is 0 Å². The number of aryl methyl sites for hydroxylation is 2. The van der Waals surface area contributed by atoms with Crippen LogP contribution in [-0.4, -0.2) is 32.7 Å². The number of nitrogens with one attached hydrogen (secondary N) is 2. The van der Waals surface area contributed by atoms with E-state index < -0.39 is 0 Å². The Morgan fingerprint density at radius 2 is 1.73 bits per heavy atom. The van der Waals surface area contributed by atoms with E-state index in [0.717, 1.165) is 36.0 Å². The first kappa shape index (κ1) is 25.0. The van der Waals surface area contributed by atoms with Crippen molar-refractivity contribution in [3.8, 4) is 5.69 Å². The summed E-state index contributed by atoms with van der Waals surface area (Å²) in [6.07, 6.45) is 2.83. The molecule has 1 saturated heterocycles. The first-order chi connectivity index (χ1) is 18.0. The lowest BCUT2D eigenvalue weighted by molar-refractivity contribution is 0.315. The number of nitrogens with zero attached hydrogens (tertiary/aromatic N) is 3. The predicted octanol–water partition coefficient (Wildman–Crippen LogP) is 6.58. The van der Waals surface area contributed by atoms with Crippen LogP contribution in [0.25, 0.3) is 5.69 Å². The van der Waals surface area contributed by atoms with Crippen LogP contribution in [0.5, 0.6) is 0 Å². The molecule has 2 N–H and O–H groups in total. The Kier molecular flexibility index (Phi) is 7.28. The van der Waals surface area contributed by atoms with Gasteiger partial charge in [0.05, 0.1) is 17.8 Å². The smallest absolute Gasteiger partial charge is 0.170 e. The minimum absolute atomic E-state index is 0.0108. The minimum Gasteiger partial charge on any atom is -0.385 e. The Labute approximate surface area is 225 Å². The van der Waals surface area contributed by atoms with Crippen molar-refractivity contribution in [3.05, 3.63) is 113 Å². The molecule has 190 valence electrons. The topological polar surface area (TPSA) is 45.1 Å². The second-order valence-corrected chi connectivity index (χ2v) is 10.2. The maximum atomic E-state index is 5.91. The van der Waals surface area contributed by atoms with Gasteiger partial charge in [-0.3, -0.25) is 4.98 Å². The summed E-state index contributed by atoms with van der Waals surface area (Å²) in [6.45, 7) is 10.5. The first-order valence-corrected chi connectivity index (χ1v) is 13.4. The summed E-state index contributed by atoms with van der Waals surface area (Å²) >= 11 is 5.91. The lowest BCUT2D eigenvalue weighted by Gasteiger charge is -2.28. The summed E-state index contributed by atoms with van der Waals surface area (Å²) in [5.41, 5.74) is 9.76. The highest BCUT2D eigenvalue weighted by molar-refractivity contribution is 7.80. The molecular weight excluding hydrogens is 474 g/mol. The van der Waals surface area contributed by atoms with E-state index in [1.165, 1.54) is 33.8 Å². The molecule has 0 amide bonds. The number of benzene rings is 2. The molecule has 4 aromatic rings. The monoisotopic (exact) mass is 509 g/mol. The Hall–Kier alpha value is -3.64. The average molecular weight is 510 g/mol. The summed E-state index contributed by atoms with van der Waals surface area (Å²) in [6, 6.07) is 25.4. The normalized spacial score (nSPS) is 17.2. The highest BCUT2D eigenvalue weighted by Gasteiger charge is 2.41. The molecule has 3 heterocycles. The van der Waals surface area contributed by atoms with Crippen molar-refractivity contribution in [2.75, 3.05) is 18.4 Å². The van der Waals surface area contributed by atoms with Gasteiger partial charge in [0.15, 0.2) is 5.11 Å². The van der Waals surface area contributed by atoms with Gasteiger partial charge < -0.3 is 20.1 Å². The van der Waals surface area contributed by atoms with Crippen molar-refractivity contribution >= 4 is 23.0 Å². The Morgan fingerprint density at radius 1 is 0.946 bits per heavy atom. The van der Waals surface area contributed by atoms with Crippen LogP contribution in [0, 0.1) is 27.7 Å². The first-order valence-electron chi connectivity index (χ1n) is 13.0. The Morgan fingerprint density at radius 3 is 2.49 bits per heavy atom. The molecule has 0 unspecified atom stereocenters. The van der Waals surface area contributed by atoms with Gasteiger partial charge in [-0.15, -0.1) is 0 Å². The highest BCUT2D eigenvalue weighted by atomic mass is 32.1. The van der Waals surface area contributed by atoms with Gasteiger partial charge in [-0.1, -0.05) is 36.4 Å². The number of anilines is 1. The average Bonchev–Trinajstić information content (AvgIpc) is 3.39. The van der Waals surface area contributed by atoms with Gasteiger partial charge in [0, 0.05) is 42.0 Å². The maximum Gasteiger partial charge on any atom is 0.170 e. The van der Waals surface area contributed by atoms with Gasteiger partial charge in [-0.05, 0) is 99.4 Å². The number of hydrogen-bond acceptors (Lipinski definition) is 3. The fourth-order valence-electron chi connectivity index (χ4n) is 5.46. The molecule has 0 aliphatic carbocycles. The quantitative estimate of drug-likeness (QED) is 0.207. The van der Waals surface area contributed by atoms with E-state index in [2.05, 4.69) is 108 Å². The number of aromatic nitrogens is 2. The Bertz CT molecular complexity index is 1380. The third-order valence-corrected chi connectivity index (χ3v) is 7.83. The minimum atomic E-state index is -0.0108. The molecule has 2 aromatic heterocycles. The number of rotatable bonds is 8. The molecule has 1 aliphatic rings. The van der Waals surface area contributed by atoms with Crippen LogP contribution >= 0.6 is 12.2 Å². The van der Waals surface area contributed by atoms with Crippen LogP contribution in [-0.2, 0) is 0 Å². The van der Waals surface area contributed by atoms with E-state index >= 15 is 0 Å². The van der Waals surface area contributed by atoms with Crippen LogP contribution in [0.4, 0.5) is 5.69 Å². The molecule has 0 saturated carbocycles. The molecule has 5 nitrogen and oxygen atoms in total. The summed E-state index contributed by atoms with van der Waals surface area (Å²) < 4.78 is 2.39. The Balaban J connectivity index is 1.48. The maximum absolute atomic E-state index is 5.91. The number of thiocarbonyl (C=S) groups is 1. The second kappa shape index (κ2) is 10.8. The summed E-state index contributed by atoms with van der Waals surface area (Å²) in [5, 5.41) is 7.93. The molecule has 6 heteroatoms. The van der Waals surface area contributed by atoms with Crippen LogP contribution in [0.15, 0.2) is 79.0 Å².